The monoisotopic (exact) mass is 488 g/mol. The average Bonchev–Trinajstić information content (AvgIpc) is 3.00. The van der Waals surface area contributed by atoms with Crippen molar-refractivity contribution in [3.8, 4) is 0 Å². The zero-order valence-corrected chi connectivity index (χ0v) is 21.2. The molecule has 7 nitrogen and oxygen atoms in total. The zero-order chi connectivity index (χ0) is 25.7. The molecule has 0 radical (unpaired) electrons. The van der Waals surface area contributed by atoms with Gasteiger partial charge in [0.15, 0.2) is 5.78 Å². The minimum absolute atomic E-state index is 0.0176. The number of hydrogen-bond donors (Lipinski definition) is 2. The summed E-state index contributed by atoms with van der Waals surface area (Å²) in [7, 11) is 0. The van der Waals surface area contributed by atoms with Crippen molar-refractivity contribution >= 4 is 29.0 Å². The summed E-state index contributed by atoms with van der Waals surface area (Å²) in [5.74, 6) is -0.805. The highest BCUT2D eigenvalue weighted by atomic mass is 16.2. The van der Waals surface area contributed by atoms with Crippen LogP contribution in [0.4, 0.5) is 5.69 Å². The van der Waals surface area contributed by atoms with Crippen LogP contribution in [-0.2, 0) is 20.8 Å². The number of aliphatic imine (C=N–C) groups is 1. The van der Waals surface area contributed by atoms with E-state index in [-0.39, 0.29) is 18.2 Å². The first-order chi connectivity index (χ1) is 17.4. The summed E-state index contributed by atoms with van der Waals surface area (Å²) in [5.41, 5.74) is 10.3. The van der Waals surface area contributed by atoms with Gasteiger partial charge in [0.05, 0.1) is 18.3 Å². The first kappa shape index (κ1) is 25.8. The van der Waals surface area contributed by atoms with Crippen LogP contribution in [0.2, 0.25) is 0 Å². The van der Waals surface area contributed by atoms with E-state index in [2.05, 4.69) is 10.3 Å². The molecule has 3 N–H and O–H groups in total. The van der Waals surface area contributed by atoms with Crippen LogP contribution in [0, 0.1) is 12.8 Å². The summed E-state index contributed by atoms with van der Waals surface area (Å²) in [6.07, 6.45) is 4.76. The van der Waals surface area contributed by atoms with E-state index in [1.54, 1.807) is 4.90 Å². The fourth-order valence-corrected chi connectivity index (χ4v) is 5.23. The highest BCUT2D eigenvalue weighted by Gasteiger charge is 2.36. The Labute approximate surface area is 213 Å². The molecule has 0 bridgehead atoms. The molecule has 36 heavy (non-hydrogen) atoms. The summed E-state index contributed by atoms with van der Waals surface area (Å²) < 4.78 is 0. The molecule has 2 aromatic rings. The molecule has 2 atom stereocenters. The van der Waals surface area contributed by atoms with Gasteiger partial charge in [-0.3, -0.25) is 19.4 Å². The van der Waals surface area contributed by atoms with Gasteiger partial charge in [-0.05, 0) is 43.7 Å². The van der Waals surface area contributed by atoms with Crippen molar-refractivity contribution < 1.29 is 14.4 Å². The Bertz CT molecular complexity index is 1140. The van der Waals surface area contributed by atoms with E-state index in [1.807, 2.05) is 62.4 Å². The Balaban J connectivity index is 1.61. The van der Waals surface area contributed by atoms with Crippen molar-refractivity contribution in [2.75, 3.05) is 11.4 Å². The molecule has 190 valence electrons. The number of aryl methyl sites for hydroxylation is 1. The van der Waals surface area contributed by atoms with Gasteiger partial charge >= 0.3 is 0 Å². The van der Waals surface area contributed by atoms with E-state index in [0.29, 0.717) is 18.5 Å². The second-order valence-electron chi connectivity index (χ2n) is 9.83. The third-order valence-corrected chi connectivity index (χ3v) is 7.23. The second kappa shape index (κ2) is 11.6. The number of ketones is 1. The van der Waals surface area contributed by atoms with Crippen molar-refractivity contribution in [2.24, 2.45) is 16.6 Å². The number of anilines is 1. The Morgan fingerprint density at radius 2 is 1.81 bits per heavy atom. The van der Waals surface area contributed by atoms with Gasteiger partial charge in [-0.2, -0.15) is 0 Å². The number of nitrogens with zero attached hydrogens (tertiary/aromatic N) is 2. The lowest BCUT2D eigenvalue weighted by Gasteiger charge is -2.29. The Morgan fingerprint density at radius 3 is 2.50 bits per heavy atom. The van der Waals surface area contributed by atoms with E-state index in [9.17, 15) is 14.4 Å². The van der Waals surface area contributed by atoms with E-state index >= 15 is 0 Å². The number of benzene rings is 2. The fourth-order valence-electron chi connectivity index (χ4n) is 5.23. The van der Waals surface area contributed by atoms with Gasteiger partial charge in [0.25, 0.3) is 5.91 Å². The molecular weight excluding hydrogens is 452 g/mol. The molecule has 7 heteroatoms. The molecule has 1 aliphatic carbocycles. The van der Waals surface area contributed by atoms with Gasteiger partial charge < -0.3 is 16.0 Å². The first-order valence-corrected chi connectivity index (χ1v) is 13.0. The average molecular weight is 489 g/mol. The third-order valence-electron chi connectivity index (χ3n) is 7.23. The highest BCUT2D eigenvalue weighted by molar-refractivity contribution is 6.15. The van der Waals surface area contributed by atoms with Gasteiger partial charge in [-0.1, -0.05) is 74.7 Å². The number of Topliss-reactive ketones (excluding diaryl/α,β-unsaturated/α-hetero) is 1. The van der Waals surface area contributed by atoms with Crippen LogP contribution >= 0.6 is 0 Å². The molecule has 2 aromatic carbocycles. The smallest absolute Gasteiger partial charge is 0.272 e. The maximum atomic E-state index is 13.9. The number of benzodiazepines with no additional fused rings is 1. The van der Waals surface area contributed by atoms with Crippen LogP contribution in [0.3, 0.4) is 0 Å². The molecule has 1 heterocycles. The van der Waals surface area contributed by atoms with Gasteiger partial charge in [0, 0.05) is 17.2 Å². The molecule has 0 saturated heterocycles. The number of amides is 2. The standard InChI is InChI=1S/C29H36N4O3/c1-3-24-22-16-10-11-19(2)26(22)33(18-25(34)21-14-8-5-9-15-21)29(36)27(31-24)32-28(35)23(30)17-20-12-6-4-7-13-20/h4,6-7,10-13,16,21,23,27H,3,5,8-9,14-15,17-18,30H2,1-2H3,(H,32,35)/t23-,27-/m0/s1. The van der Waals surface area contributed by atoms with E-state index in [1.165, 1.54) is 0 Å². The molecular formula is C29H36N4O3. The number of para-hydroxylation sites is 1. The quantitative estimate of drug-likeness (QED) is 0.591. The number of carbonyl (C=O) groups is 3. The van der Waals surface area contributed by atoms with Gasteiger partial charge in [-0.15, -0.1) is 0 Å². The maximum absolute atomic E-state index is 13.9. The Hall–Kier alpha value is -3.32. The van der Waals surface area contributed by atoms with E-state index in [4.69, 9.17) is 5.73 Å². The summed E-state index contributed by atoms with van der Waals surface area (Å²) in [4.78, 5) is 46.4. The predicted octanol–water partition coefficient (Wildman–Crippen LogP) is 3.70. The first-order valence-electron chi connectivity index (χ1n) is 13.0. The highest BCUT2D eigenvalue weighted by Crippen LogP contribution is 2.32. The van der Waals surface area contributed by atoms with Gasteiger partial charge in [0.2, 0.25) is 12.1 Å². The zero-order valence-electron chi connectivity index (χ0n) is 21.2. The third kappa shape index (κ3) is 5.73. The van der Waals surface area contributed by atoms with Crippen molar-refractivity contribution in [3.63, 3.8) is 0 Å². The molecule has 2 amide bonds. The topological polar surface area (TPSA) is 105 Å². The Kier molecular flexibility index (Phi) is 8.31. The number of carbonyl (C=O) groups excluding carboxylic acids is 3. The maximum Gasteiger partial charge on any atom is 0.272 e. The van der Waals surface area contributed by atoms with Crippen molar-refractivity contribution in [3.05, 3.63) is 65.2 Å². The SMILES string of the molecule is CCC1=N[C@@H](NC(=O)[C@@H](N)Cc2ccccc2)C(=O)N(CC(=O)C2CCCCC2)c2c(C)cccc21. The number of fused-ring (bicyclic) bond motifs is 1. The van der Waals surface area contributed by atoms with Gasteiger partial charge in [-0.25, -0.2) is 0 Å². The normalized spacial score (nSPS) is 19.2. The lowest BCUT2D eigenvalue weighted by molar-refractivity contribution is -0.129. The number of nitrogens with one attached hydrogen (secondary N) is 1. The molecule has 1 fully saturated rings. The van der Waals surface area contributed by atoms with Crippen molar-refractivity contribution in [1.29, 1.82) is 0 Å². The number of nitrogens with two attached hydrogens (primary N) is 1. The van der Waals surface area contributed by atoms with E-state index < -0.39 is 24.0 Å². The molecule has 4 rings (SSSR count). The summed E-state index contributed by atoms with van der Waals surface area (Å²) in [6, 6.07) is 14.5. The molecule has 1 aliphatic heterocycles. The molecule has 0 aromatic heterocycles. The van der Waals surface area contributed by atoms with Gasteiger partial charge in [0.1, 0.15) is 0 Å². The van der Waals surface area contributed by atoms with Crippen LogP contribution in [0.5, 0.6) is 0 Å². The molecule has 1 saturated carbocycles. The molecule has 0 spiro atoms. The fraction of sp³-hybridized carbons (Fsp3) is 0.448. The van der Waals surface area contributed by atoms with Crippen molar-refractivity contribution in [1.82, 2.24) is 5.32 Å². The van der Waals surface area contributed by atoms with Crippen LogP contribution in [0.25, 0.3) is 0 Å². The van der Waals surface area contributed by atoms with Crippen LogP contribution in [0.1, 0.15) is 62.1 Å². The van der Waals surface area contributed by atoms with E-state index in [0.717, 1.165) is 54.5 Å². The summed E-state index contributed by atoms with van der Waals surface area (Å²) in [6.45, 7) is 3.89. The lowest BCUT2D eigenvalue weighted by Crippen LogP contribution is -2.53. The minimum Gasteiger partial charge on any atom is -0.325 e. The van der Waals surface area contributed by atoms with Crippen LogP contribution in [-0.4, -0.2) is 42.1 Å². The summed E-state index contributed by atoms with van der Waals surface area (Å²) >= 11 is 0. The van der Waals surface area contributed by atoms with Crippen molar-refractivity contribution in [2.45, 2.75) is 71.0 Å². The van der Waals surface area contributed by atoms with Crippen LogP contribution in [0.15, 0.2) is 53.5 Å². The Morgan fingerprint density at radius 1 is 1.08 bits per heavy atom. The predicted molar refractivity (Wildman–Crippen MR) is 142 cm³/mol. The number of rotatable bonds is 8. The van der Waals surface area contributed by atoms with Crippen LogP contribution < -0.4 is 16.0 Å². The minimum atomic E-state index is -1.14. The second-order valence-corrected chi connectivity index (χ2v) is 9.83. The molecule has 2 aliphatic rings. The number of hydrogen-bond acceptors (Lipinski definition) is 5. The summed E-state index contributed by atoms with van der Waals surface area (Å²) in [5, 5.41) is 2.78. The molecule has 0 unspecified atom stereocenters. The largest absolute Gasteiger partial charge is 0.325 e. The lowest BCUT2D eigenvalue weighted by atomic mass is 9.86.